The van der Waals surface area contributed by atoms with E-state index in [1.54, 1.807) is 18.2 Å². The number of halogens is 1. The lowest BCUT2D eigenvalue weighted by molar-refractivity contribution is 0.179. The monoisotopic (exact) mass is 394 g/mol. The summed E-state index contributed by atoms with van der Waals surface area (Å²) in [6.07, 6.45) is 0. The highest BCUT2D eigenvalue weighted by Gasteiger charge is 2.28. The fourth-order valence-electron chi connectivity index (χ4n) is 3.08. The predicted molar refractivity (Wildman–Crippen MR) is 103 cm³/mol. The van der Waals surface area contributed by atoms with Crippen LogP contribution in [0.3, 0.4) is 0 Å². The van der Waals surface area contributed by atoms with Gasteiger partial charge in [-0.05, 0) is 31.2 Å². The molecular formula is C19H23ClN2O3S. The standard InChI is InChI=1S/C19H23ClN2O3S/c1-2-25-19-9-4-3-6-16(19)15-21-10-12-22(13-11-21)26(23,24)18-8-5-7-17(20)14-18/h3-9,14H,2,10-13,15H2,1H3. The van der Waals surface area contributed by atoms with Crippen molar-refractivity contribution in [2.24, 2.45) is 0 Å². The average Bonchev–Trinajstić information content (AvgIpc) is 2.64. The number of hydrogen-bond donors (Lipinski definition) is 0. The molecule has 0 amide bonds. The minimum absolute atomic E-state index is 0.250. The number of benzene rings is 2. The van der Waals surface area contributed by atoms with Crippen molar-refractivity contribution in [3.8, 4) is 5.75 Å². The molecule has 0 spiro atoms. The van der Waals surface area contributed by atoms with Crippen LogP contribution < -0.4 is 4.74 Å². The lowest BCUT2D eigenvalue weighted by Gasteiger charge is -2.34. The molecule has 0 aliphatic carbocycles. The second-order valence-corrected chi connectivity index (χ2v) is 8.55. The van der Waals surface area contributed by atoms with Gasteiger partial charge in [0.1, 0.15) is 5.75 Å². The van der Waals surface area contributed by atoms with E-state index in [-0.39, 0.29) is 4.90 Å². The molecule has 1 aliphatic heterocycles. The van der Waals surface area contributed by atoms with E-state index in [1.165, 1.54) is 10.4 Å². The highest BCUT2D eigenvalue weighted by molar-refractivity contribution is 7.89. The summed E-state index contributed by atoms with van der Waals surface area (Å²) in [7, 11) is -3.50. The fourth-order valence-corrected chi connectivity index (χ4v) is 4.80. The third-order valence-corrected chi connectivity index (χ3v) is 6.56. The molecule has 7 heteroatoms. The van der Waals surface area contributed by atoms with E-state index in [0.29, 0.717) is 37.8 Å². The summed E-state index contributed by atoms with van der Waals surface area (Å²) in [5.41, 5.74) is 1.13. The largest absolute Gasteiger partial charge is 0.494 e. The van der Waals surface area contributed by atoms with Crippen molar-refractivity contribution < 1.29 is 13.2 Å². The van der Waals surface area contributed by atoms with E-state index in [9.17, 15) is 8.42 Å². The molecular weight excluding hydrogens is 372 g/mol. The lowest BCUT2D eigenvalue weighted by Crippen LogP contribution is -2.48. The van der Waals surface area contributed by atoms with Crippen LogP contribution >= 0.6 is 11.6 Å². The van der Waals surface area contributed by atoms with Gasteiger partial charge in [0, 0.05) is 43.3 Å². The van der Waals surface area contributed by atoms with Gasteiger partial charge in [0.25, 0.3) is 0 Å². The SMILES string of the molecule is CCOc1ccccc1CN1CCN(S(=O)(=O)c2cccc(Cl)c2)CC1. The number of nitrogens with zero attached hydrogens (tertiary/aromatic N) is 2. The summed E-state index contributed by atoms with van der Waals surface area (Å²) in [5.74, 6) is 0.893. The zero-order valence-electron chi connectivity index (χ0n) is 14.8. The Morgan fingerprint density at radius 1 is 1.04 bits per heavy atom. The molecule has 0 radical (unpaired) electrons. The van der Waals surface area contributed by atoms with Gasteiger partial charge in [0.2, 0.25) is 10.0 Å². The molecule has 5 nitrogen and oxygen atoms in total. The molecule has 1 fully saturated rings. The molecule has 2 aromatic rings. The first-order valence-electron chi connectivity index (χ1n) is 8.69. The number of hydrogen-bond acceptors (Lipinski definition) is 4. The minimum atomic E-state index is -3.50. The van der Waals surface area contributed by atoms with Crippen molar-refractivity contribution in [3.63, 3.8) is 0 Å². The Morgan fingerprint density at radius 2 is 1.77 bits per heavy atom. The summed E-state index contributed by atoms with van der Waals surface area (Å²) in [6, 6.07) is 14.4. The van der Waals surface area contributed by atoms with Crippen molar-refractivity contribution in [3.05, 3.63) is 59.1 Å². The zero-order chi connectivity index (χ0) is 18.6. The second kappa shape index (κ2) is 8.39. The van der Waals surface area contributed by atoms with Crippen LogP contribution in [-0.2, 0) is 16.6 Å². The summed E-state index contributed by atoms with van der Waals surface area (Å²) >= 11 is 5.94. The summed E-state index contributed by atoms with van der Waals surface area (Å²) in [4.78, 5) is 2.50. The maximum Gasteiger partial charge on any atom is 0.243 e. The van der Waals surface area contributed by atoms with Crippen molar-refractivity contribution in [1.82, 2.24) is 9.21 Å². The Hall–Kier alpha value is -1.60. The van der Waals surface area contributed by atoms with E-state index in [1.807, 2.05) is 25.1 Å². The zero-order valence-corrected chi connectivity index (χ0v) is 16.3. The van der Waals surface area contributed by atoms with Crippen LogP contribution in [0, 0.1) is 0 Å². The molecule has 0 saturated carbocycles. The van der Waals surface area contributed by atoms with Gasteiger partial charge in [-0.15, -0.1) is 0 Å². The first kappa shape index (κ1) is 19.2. The van der Waals surface area contributed by atoms with E-state index in [2.05, 4.69) is 11.0 Å². The van der Waals surface area contributed by atoms with Gasteiger partial charge in [0.05, 0.1) is 11.5 Å². The quantitative estimate of drug-likeness (QED) is 0.754. The molecule has 1 saturated heterocycles. The van der Waals surface area contributed by atoms with Gasteiger partial charge >= 0.3 is 0 Å². The van der Waals surface area contributed by atoms with Crippen LogP contribution in [-0.4, -0.2) is 50.4 Å². The van der Waals surface area contributed by atoms with Gasteiger partial charge in [0.15, 0.2) is 0 Å². The van der Waals surface area contributed by atoms with Crippen LogP contribution in [0.5, 0.6) is 5.75 Å². The van der Waals surface area contributed by atoms with Crippen LogP contribution in [0.1, 0.15) is 12.5 Å². The van der Waals surface area contributed by atoms with E-state index < -0.39 is 10.0 Å². The third kappa shape index (κ3) is 4.38. The van der Waals surface area contributed by atoms with Gasteiger partial charge < -0.3 is 4.74 Å². The lowest BCUT2D eigenvalue weighted by atomic mass is 10.2. The Kier molecular flexibility index (Phi) is 6.19. The van der Waals surface area contributed by atoms with Crippen molar-refractivity contribution in [2.45, 2.75) is 18.4 Å². The van der Waals surface area contributed by atoms with Crippen LogP contribution in [0.15, 0.2) is 53.4 Å². The van der Waals surface area contributed by atoms with Crippen molar-refractivity contribution >= 4 is 21.6 Å². The molecule has 0 aromatic heterocycles. The smallest absolute Gasteiger partial charge is 0.243 e. The fraction of sp³-hybridized carbons (Fsp3) is 0.368. The highest BCUT2D eigenvalue weighted by atomic mass is 35.5. The van der Waals surface area contributed by atoms with Crippen LogP contribution in [0.25, 0.3) is 0 Å². The van der Waals surface area contributed by atoms with Crippen molar-refractivity contribution in [2.75, 3.05) is 32.8 Å². The molecule has 3 rings (SSSR count). The maximum absolute atomic E-state index is 12.8. The molecule has 0 bridgehead atoms. The normalized spacial score (nSPS) is 16.5. The Balaban J connectivity index is 1.64. The first-order valence-corrected chi connectivity index (χ1v) is 10.5. The number of piperazine rings is 1. The minimum Gasteiger partial charge on any atom is -0.494 e. The summed E-state index contributed by atoms with van der Waals surface area (Å²) in [6.45, 7) is 5.64. The molecule has 0 atom stereocenters. The van der Waals surface area contributed by atoms with Crippen molar-refractivity contribution in [1.29, 1.82) is 0 Å². The number of para-hydroxylation sites is 1. The van der Waals surface area contributed by atoms with E-state index in [0.717, 1.165) is 17.9 Å². The molecule has 140 valence electrons. The summed E-state index contributed by atoms with van der Waals surface area (Å²) < 4.78 is 32.8. The topological polar surface area (TPSA) is 49.9 Å². The predicted octanol–water partition coefficient (Wildman–Crippen LogP) is 3.25. The van der Waals surface area contributed by atoms with Crippen LogP contribution in [0.2, 0.25) is 5.02 Å². The molecule has 26 heavy (non-hydrogen) atoms. The number of sulfonamides is 1. The highest BCUT2D eigenvalue weighted by Crippen LogP contribution is 2.23. The van der Waals surface area contributed by atoms with Gasteiger partial charge in [-0.25, -0.2) is 8.42 Å². The molecule has 0 N–H and O–H groups in total. The Morgan fingerprint density at radius 3 is 2.46 bits per heavy atom. The molecule has 0 unspecified atom stereocenters. The molecule has 2 aromatic carbocycles. The van der Waals surface area contributed by atoms with Gasteiger partial charge in [-0.3, -0.25) is 4.90 Å². The third-order valence-electron chi connectivity index (χ3n) is 4.43. The Bertz CT molecular complexity index is 849. The van der Waals surface area contributed by atoms with E-state index in [4.69, 9.17) is 16.3 Å². The second-order valence-electron chi connectivity index (χ2n) is 6.18. The van der Waals surface area contributed by atoms with Crippen LogP contribution in [0.4, 0.5) is 0 Å². The number of rotatable bonds is 6. The molecule has 1 aliphatic rings. The van der Waals surface area contributed by atoms with Gasteiger partial charge in [-0.2, -0.15) is 4.31 Å². The Labute approximate surface area is 160 Å². The maximum atomic E-state index is 12.8. The first-order chi connectivity index (χ1) is 12.5. The summed E-state index contributed by atoms with van der Waals surface area (Å²) in [5, 5.41) is 0.428. The van der Waals surface area contributed by atoms with E-state index >= 15 is 0 Å². The molecule has 1 heterocycles. The number of ether oxygens (including phenoxy) is 1. The average molecular weight is 395 g/mol. The van der Waals surface area contributed by atoms with Gasteiger partial charge in [-0.1, -0.05) is 35.9 Å².